The van der Waals surface area contributed by atoms with Crippen molar-refractivity contribution >= 4 is 6.09 Å². The molecule has 21 heavy (non-hydrogen) atoms. The topological polar surface area (TPSA) is 71.2 Å². The van der Waals surface area contributed by atoms with Gasteiger partial charge in [0.15, 0.2) is 0 Å². The van der Waals surface area contributed by atoms with E-state index in [0.29, 0.717) is 19.5 Å². The smallest absolute Gasteiger partial charge is 0.410 e. The van der Waals surface area contributed by atoms with E-state index in [4.69, 9.17) is 10.00 Å². The van der Waals surface area contributed by atoms with Crippen LogP contribution in [0.25, 0.3) is 0 Å². The van der Waals surface area contributed by atoms with Gasteiger partial charge >= 0.3 is 6.09 Å². The molecule has 2 rings (SSSR count). The highest BCUT2D eigenvalue weighted by Crippen LogP contribution is 2.23. The average Bonchev–Trinajstić information content (AvgIpc) is 2.86. The predicted octanol–water partition coefficient (Wildman–Crippen LogP) is 2.52. The summed E-state index contributed by atoms with van der Waals surface area (Å²) in [7, 11) is 0. The molecule has 0 unspecified atom stereocenters. The fraction of sp³-hybridized carbons (Fsp3) is 0.667. The minimum Gasteiger partial charge on any atom is -0.444 e. The molecule has 114 valence electrons. The molecule has 0 aromatic carbocycles. The molecule has 1 fully saturated rings. The fourth-order valence-corrected chi connectivity index (χ4v) is 2.40. The number of carbonyl (C=O) groups is 1. The van der Waals surface area contributed by atoms with Gasteiger partial charge in [-0.15, -0.1) is 0 Å². The van der Waals surface area contributed by atoms with Crippen LogP contribution in [0.15, 0.2) is 12.4 Å². The zero-order valence-electron chi connectivity index (χ0n) is 12.9. The third-order valence-electron chi connectivity index (χ3n) is 3.43. The fourth-order valence-electron chi connectivity index (χ4n) is 2.40. The Kier molecular flexibility index (Phi) is 4.51. The third kappa shape index (κ3) is 4.22. The first-order valence-corrected chi connectivity index (χ1v) is 7.27. The van der Waals surface area contributed by atoms with Gasteiger partial charge in [-0.2, -0.15) is 10.4 Å². The Morgan fingerprint density at radius 3 is 2.71 bits per heavy atom. The van der Waals surface area contributed by atoms with Gasteiger partial charge in [0.1, 0.15) is 5.60 Å². The quantitative estimate of drug-likeness (QED) is 0.839. The maximum absolute atomic E-state index is 12.0. The summed E-state index contributed by atoms with van der Waals surface area (Å²) in [6.07, 6.45) is 5.52. The Morgan fingerprint density at radius 2 is 2.14 bits per heavy atom. The summed E-state index contributed by atoms with van der Waals surface area (Å²) >= 11 is 0. The number of piperidine rings is 1. The van der Waals surface area contributed by atoms with E-state index in [1.54, 1.807) is 11.1 Å². The summed E-state index contributed by atoms with van der Waals surface area (Å²) in [5.41, 5.74) is 0.481. The Morgan fingerprint density at radius 1 is 1.48 bits per heavy atom. The molecular formula is C15H22N4O2. The van der Waals surface area contributed by atoms with Crippen molar-refractivity contribution in [2.24, 2.45) is 0 Å². The number of hydrogen-bond donors (Lipinski definition) is 0. The molecule has 0 saturated carbocycles. The first kappa shape index (κ1) is 15.4. The van der Waals surface area contributed by atoms with Crippen molar-refractivity contribution in [2.45, 2.75) is 51.7 Å². The van der Waals surface area contributed by atoms with Crippen LogP contribution >= 0.6 is 0 Å². The van der Waals surface area contributed by atoms with Crippen LogP contribution in [0.2, 0.25) is 0 Å². The zero-order chi connectivity index (χ0) is 15.5. The second-order valence-corrected chi connectivity index (χ2v) is 6.36. The number of likely N-dealkylation sites (tertiary alicyclic amines) is 1. The molecule has 0 aliphatic carbocycles. The number of hydrogen-bond acceptors (Lipinski definition) is 4. The number of rotatable bonds is 2. The van der Waals surface area contributed by atoms with Crippen molar-refractivity contribution in [1.29, 1.82) is 5.26 Å². The number of ether oxygens (including phenoxy) is 1. The molecule has 1 aliphatic heterocycles. The lowest BCUT2D eigenvalue weighted by Gasteiger charge is -2.33. The Bertz CT molecular complexity index is 531. The van der Waals surface area contributed by atoms with E-state index in [9.17, 15) is 4.79 Å². The molecule has 0 N–H and O–H groups in total. The van der Waals surface area contributed by atoms with Gasteiger partial charge in [-0.25, -0.2) is 4.79 Å². The second-order valence-electron chi connectivity index (χ2n) is 6.36. The van der Waals surface area contributed by atoms with E-state index in [-0.39, 0.29) is 12.1 Å². The molecule has 0 bridgehead atoms. The van der Waals surface area contributed by atoms with Crippen LogP contribution < -0.4 is 0 Å². The molecule has 1 amide bonds. The Hall–Kier alpha value is -2.03. The minimum atomic E-state index is -0.456. The van der Waals surface area contributed by atoms with Crippen LogP contribution in [0.3, 0.4) is 0 Å². The monoisotopic (exact) mass is 290 g/mol. The maximum atomic E-state index is 12.0. The Balaban J connectivity index is 1.88. The molecule has 1 aromatic rings. The first-order chi connectivity index (χ1) is 9.89. The lowest BCUT2D eigenvalue weighted by molar-refractivity contribution is 0.0185. The number of carbonyl (C=O) groups excluding carboxylic acids is 1. The summed E-state index contributed by atoms with van der Waals surface area (Å²) in [5.74, 6) is 0. The average molecular weight is 290 g/mol. The molecule has 0 radical (unpaired) electrons. The predicted molar refractivity (Wildman–Crippen MR) is 77.6 cm³/mol. The highest BCUT2D eigenvalue weighted by Gasteiger charge is 2.27. The van der Waals surface area contributed by atoms with Gasteiger partial charge in [-0.1, -0.05) is 0 Å². The number of nitrogens with zero attached hydrogens (tertiary/aromatic N) is 4. The van der Waals surface area contributed by atoms with Gasteiger partial charge in [0.05, 0.1) is 24.7 Å². The summed E-state index contributed by atoms with van der Waals surface area (Å²) in [5, 5.41) is 13.0. The molecule has 0 atom stereocenters. The SMILES string of the molecule is CC(C)(C)OC(=O)N1CCC(n2cc(CC#N)cn2)CC1. The van der Waals surface area contributed by atoms with Crippen molar-refractivity contribution in [1.82, 2.24) is 14.7 Å². The summed E-state index contributed by atoms with van der Waals surface area (Å²) in [6.45, 7) is 6.97. The van der Waals surface area contributed by atoms with E-state index < -0.39 is 5.60 Å². The first-order valence-electron chi connectivity index (χ1n) is 7.27. The van der Waals surface area contributed by atoms with Gasteiger partial charge < -0.3 is 9.64 Å². The molecule has 1 aliphatic rings. The van der Waals surface area contributed by atoms with E-state index in [1.165, 1.54) is 0 Å². The van der Waals surface area contributed by atoms with Crippen molar-refractivity contribution in [3.05, 3.63) is 18.0 Å². The van der Waals surface area contributed by atoms with E-state index in [1.807, 2.05) is 31.6 Å². The van der Waals surface area contributed by atoms with Gasteiger partial charge in [0, 0.05) is 24.8 Å². The maximum Gasteiger partial charge on any atom is 0.410 e. The van der Waals surface area contributed by atoms with Gasteiger partial charge in [-0.3, -0.25) is 4.68 Å². The van der Waals surface area contributed by atoms with Crippen LogP contribution in [-0.2, 0) is 11.2 Å². The third-order valence-corrected chi connectivity index (χ3v) is 3.43. The minimum absolute atomic E-state index is 0.244. The second kappa shape index (κ2) is 6.17. The lowest BCUT2D eigenvalue weighted by atomic mass is 10.1. The molecule has 1 aromatic heterocycles. The number of aromatic nitrogens is 2. The summed E-state index contributed by atoms with van der Waals surface area (Å²) in [6, 6.07) is 2.41. The van der Waals surface area contributed by atoms with Crippen LogP contribution in [-0.4, -0.2) is 39.5 Å². The van der Waals surface area contributed by atoms with E-state index >= 15 is 0 Å². The summed E-state index contributed by atoms with van der Waals surface area (Å²) < 4.78 is 7.30. The normalized spacial score (nSPS) is 16.6. The Labute approximate surface area is 125 Å². The van der Waals surface area contributed by atoms with Crippen LogP contribution in [0.1, 0.15) is 45.2 Å². The highest BCUT2D eigenvalue weighted by atomic mass is 16.6. The van der Waals surface area contributed by atoms with Crippen molar-refractivity contribution in [2.75, 3.05) is 13.1 Å². The number of amides is 1. The molecule has 0 spiro atoms. The summed E-state index contributed by atoms with van der Waals surface area (Å²) in [4.78, 5) is 13.7. The van der Waals surface area contributed by atoms with Crippen molar-refractivity contribution in [3.8, 4) is 6.07 Å². The number of nitriles is 1. The molecule has 2 heterocycles. The van der Waals surface area contributed by atoms with E-state index in [0.717, 1.165) is 18.4 Å². The van der Waals surface area contributed by atoms with Crippen molar-refractivity contribution in [3.63, 3.8) is 0 Å². The lowest BCUT2D eigenvalue weighted by Crippen LogP contribution is -2.42. The highest BCUT2D eigenvalue weighted by molar-refractivity contribution is 5.68. The van der Waals surface area contributed by atoms with E-state index in [2.05, 4.69) is 11.2 Å². The zero-order valence-corrected chi connectivity index (χ0v) is 12.9. The standard InChI is InChI=1S/C15H22N4O2/c1-15(2,3)21-14(20)18-8-5-13(6-9-18)19-11-12(4-7-16)10-17-19/h10-11,13H,4-6,8-9H2,1-3H3. The van der Waals surface area contributed by atoms with Crippen molar-refractivity contribution < 1.29 is 9.53 Å². The van der Waals surface area contributed by atoms with Gasteiger partial charge in [-0.05, 0) is 33.6 Å². The molecule has 6 nitrogen and oxygen atoms in total. The molecule has 1 saturated heterocycles. The van der Waals surface area contributed by atoms with Gasteiger partial charge in [0.25, 0.3) is 0 Å². The molecule has 6 heteroatoms. The van der Waals surface area contributed by atoms with Crippen LogP contribution in [0, 0.1) is 11.3 Å². The van der Waals surface area contributed by atoms with Gasteiger partial charge in [0.2, 0.25) is 0 Å². The van der Waals surface area contributed by atoms with Crippen LogP contribution in [0.5, 0.6) is 0 Å². The molecular weight excluding hydrogens is 268 g/mol. The van der Waals surface area contributed by atoms with Crippen LogP contribution in [0.4, 0.5) is 4.79 Å². The largest absolute Gasteiger partial charge is 0.444 e.